The molecule has 0 aliphatic rings. The molecule has 3 N–H and O–H groups in total. The molecular weight excluding hydrogens is 348 g/mol. The Morgan fingerprint density at radius 2 is 1.63 bits per heavy atom. The van der Waals surface area contributed by atoms with Crippen molar-refractivity contribution in [2.24, 2.45) is 0 Å². The fourth-order valence-electron chi connectivity index (χ4n) is 2.30. The van der Waals surface area contributed by atoms with Crippen LogP contribution in [0.15, 0.2) is 48.5 Å². The second-order valence-electron chi connectivity index (χ2n) is 5.87. The molecule has 144 valence electrons. The SMILES string of the molecule is COc1ccc(COCCCNC(=O)NCc2ccc(C(=O)O)cc2)cc1. The smallest absolute Gasteiger partial charge is 0.335 e. The van der Waals surface area contributed by atoms with Crippen LogP contribution >= 0.6 is 0 Å². The first kappa shape index (κ1) is 20.3. The van der Waals surface area contributed by atoms with Crippen LogP contribution in [-0.4, -0.2) is 37.4 Å². The Kier molecular flexibility index (Phi) is 8.12. The predicted octanol–water partition coefficient (Wildman–Crippen LogP) is 2.80. The third kappa shape index (κ3) is 7.37. The van der Waals surface area contributed by atoms with Gasteiger partial charge < -0.3 is 25.2 Å². The molecule has 2 amide bonds. The van der Waals surface area contributed by atoms with Crippen LogP contribution < -0.4 is 15.4 Å². The summed E-state index contributed by atoms with van der Waals surface area (Å²) >= 11 is 0. The molecule has 0 unspecified atom stereocenters. The van der Waals surface area contributed by atoms with Crippen LogP contribution in [0, 0.1) is 0 Å². The summed E-state index contributed by atoms with van der Waals surface area (Å²) in [7, 11) is 1.63. The van der Waals surface area contributed by atoms with Crippen molar-refractivity contribution in [3.63, 3.8) is 0 Å². The van der Waals surface area contributed by atoms with Gasteiger partial charge in [0.05, 0.1) is 19.3 Å². The van der Waals surface area contributed by atoms with Gasteiger partial charge in [0.2, 0.25) is 0 Å². The predicted molar refractivity (Wildman–Crippen MR) is 101 cm³/mol. The number of carbonyl (C=O) groups is 2. The van der Waals surface area contributed by atoms with Gasteiger partial charge in [-0.25, -0.2) is 9.59 Å². The average molecular weight is 372 g/mol. The van der Waals surface area contributed by atoms with Crippen molar-refractivity contribution in [1.82, 2.24) is 10.6 Å². The van der Waals surface area contributed by atoms with E-state index in [2.05, 4.69) is 10.6 Å². The Labute approximate surface area is 158 Å². The van der Waals surface area contributed by atoms with Crippen LogP contribution in [0.25, 0.3) is 0 Å². The first-order valence-corrected chi connectivity index (χ1v) is 8.63. The molecule has 7 nitrogen and oxygen atoms in total. The van der Waals surface area contributed by atoms with Gasteiger partial charge in [0.25, 0.3) is 0 Å². The van der Waals surface area contributed by atoms with E-state index in [4.69, 9.17) is 14.6 Å². The molecular formula is C20H24N2O5. The van der Waals surface area contributed by atoms with Gasteiger partial charge >= 0.3 is 12.0 Å². The van der Waals surface area contributed by atoms with E-state index >= 15 is 0 Å². The Bertz CT molecular complexity index is 729. The fourth-order valence-corrected chi connectivity index (χ4v) is 2.30. The highest BCUT2D eigenvalue weighted by Crippen LogP contribution is 2.11. The van der Waals surface area contributed by atoms with Gasteiger partial charge in [0.15, 0.2) is 0 Å². The van der Waals surface area contributed by atoms with Crippen molar-refractivity contribution in [2.45, 2.75) is 19.6 Å². The number of ether oxygens (including phenoxy) is 2. The first-order chi connectivity index (χ1) is 13.1. The average Bonchev–Trinajstić information content (AvgIpc) is 2.69. The lowest BCUT2D eigenvalue weighted by Gasteiger charge is -2.09. The molecule has 7 heteroatoms. The lowest BCUT2D eigenvalue weighted by molar-refractivity contribution is 0.0697. The maximum atomic E-state index is 11.7. The summed E-state index contributed by atoms with van der Waals surface area (Å²) in [6, 6.07) is 13.8. The maximum Gasteiger partial charge on any atom is 0.335 e. The number of carboxylic acid groups (broad SMARTS) is 1. The Balaban J connectivity index is 1.54. The van der Waals surface area contributed by atoms with Crippen LogP contribution in [0.2, 0.25) is 0 Å². The van der Waals surface area contributed by atoms with E-state index in [9.17, 15) is 9.59 Å². The van der Waals surface area contributed by atoms with Crippen LogP contribution in [0.1, 0.15) is 27.9 Å². The minimum atomic E-state index is -0.971. The molecule has 2 aromatic rings. The molecule has 0 saturated heterocycles. The summed E-state index contributed by atoms with van der Waals surface area (Å²) in [4.78, 5) is 22.5. The van der Waals surface area contributed by atoms with Crippen LogP contribution in [-0.2, 0) is 17.9 Å². The monoisotopic (exact) mass is 372 g/mol. The third-order valence-electron chi connectivity index (χ3n) is 3.83. The summed E-state index contributed by atoms with van der Waals surface area (Å²) in [6.07, 6.45) is 0.705. The van der Waals surface area contributed by atoms with Crippen molar-refractivity contribution in [2.75, 3.05) is 20.3 Å². The van der Waals surface area contributed by atoms with Gasteiger partial charge in [-0.2, -0.15) is 0 Å². The summed E-state index contributed by atoms with van der Waals surface area (Å²) < 4.78 is 10.7. The first-order valence-electron chi connectivity index (χ1n) is 8.63. The van der Waals surface area contributed by atoms with Gasteiger partial charge in [-0.05, 0) is 41.8 Å². The second-order valence-corrected chi connectivity index (χ2v) is 5.87. The van der Waals surface area contributed by atoms with Crippen LogP contribution in [0.3, 0.4) is 0 Å². The lowest BCUT2D eigenvalue weighted by Crippen LogP contribution is -2.35. The molecule has 0 radical (unpaired) electrons. The number of amides is 2. The minimum Gasteiger partial charge on any atom is -0.497 e. The number of hydrogen-bond acceptors (Lipinski definition) is 4. The van der Waals surface area contributed by atoms with Gasteiger partial charge in [-0.15, -0.1) is 0 Å². The highest BCUT2D eigenvalue weighted by Gasteiger charge is 2.03. The quantitative estimate of drug-likeness (QED) is 0.557. The van der Waals surface area contributed by atoms with E-state index in [0.29, 0.717) is 32.7 Å². The van der Waals surface area contributed by atoms with Crippen LogP contribution in [0.4, 0.5) is 4.79 Å². The van der Waals surface area contributed by atoms with E-state index in [1.54, 1.807) is 19.2 Å². The largest absolute Gasteiger partial charge is 0.497 e. The van der Waals surface area contributed by atoms with E-state index in [1.807, 2.05) is 24.3 Å². The molecule has 27 heavy (non-hydrogen) atoms. The van der Waals surface area contributed by atoms with Crippen molar-refractivity contribution in [3.05, 3.63) is 65.2 Å². The summed E-state index contributed by atoms with van der Waals surface area (Å²) in [5.41, 5.74) is 2.12. The number of nitrogens with one attached hydrogen (secondary N) is 2. The standard InChI is InChI=1S/C20H24N2O5/c1-26-18-9-5-16(6-10-18)14-27-12-2-11-21-20(25)22-13-15-3-7-17(8-4-15)19(23)24/h3-10H,2,11-14H2,1H3,(H,23,24)(H2,21,22,25). The molecule has 2 aromatic carbocycles. The molecule has 0 aromatic heterocycles. The van der Waals surface area contributed by atoms with Crippen molar-refractivity contribution in [3.8, 4) is 5.75 Å². The number of rotatable bonds is 10. The van der Waals surface area contributed by atoms with Crippen molar-refractivity contribution in [1.29, 1.82) is 0 Å². The molecule has 0 aliphatic heterocycles. The Hall–Kier alpha value is -3.06. The van der Waals surface area contributed by atoms with Gasteiger partial charge in [0.1, 0.15) is 5.75 Å². The molecule has 0 bridgehead atoms. The Morgan fingerprint density at radius 1 is 0.963 bits per heavy atom. The zero-order chi connectivity index (χ0) is 19.5. The number of hydrogen-bond donors (Lipinski definition) is 3. The molecule has 2 rings (SSSR count). The molecule has 0 saturated carbocycles. The molecule has 0 fully saturated rings. The fraction of sp³-hybridized carbons (Fsp3) is 0.300. The summed E-state index contributed by atoms with van der Waals surface area (Å²) in [5, 5.41) is 14.3. The number of urea groups is 1. The van der Waals surface area contributed by atoms with Crippen molar-refractivity contribution < 1.29 is 24.2 Å². The summed E-state index contributed by atoms with van der Waals surface area (Å²) in [6.45, 7) is 1.90. The number of aromatic carboxylic acids is 1. The van der Waals surface area contributed by atoms with E-state index in [0.717, 1.165) is 16.9 Å². The number of carbonyl (C=O) groups excluding carboxylic acids is 1. The number of methoxy groups -OCH3 is 1. The molecule has 0 heterocycles. The molecule has 0 atom stereocenters. The van der Waals surface area contributed by atoms with Crippen LogP contribution in [0.5, 0.6) is 5.75 Å². The normalized spacial score (nSPS) is 10.3. The highest BCUT2D eigenvalue weighted by atomic mass is 16.5. The van der Waals surface area contributed by atoms with E-state index in [-0.39, 0.29) is 11.6 Å². The number of carboxylic acids is 1. The van der Waals surface area contributed by atoms with Gasteiger partial charge in [0, 0.05) is 19.7 Å². The summed E-state index contributed by atoms with van der Waals surface area (Å²) in [5.74, 6) is -0.159. The van der Waals surface area contributed by atoms with Gasteiger partial charge in [-0.1, -0.05) is 24.3 Å². The maximum absolute atomic E-state index is 11.7. The molecule has 0 aliphatic carbocycles. The second kappa shape index (κ2) is 10.8. The molecule has 0 spiro atoms. The zero-order valence-corrected chi connectivity index (χ0v) is 15.2. The highest BCUT2D eigenvalue weighted by molar-refractivity contribution is 5.87. The van der Waals surface area contributed by atoms with Crippen molar-refractivity contribution >= 4 is 12.0 Å². The number of benzene rings is 2. The zero-order valence-electron chi connectivity index (χ0n) is 15.2. The lowest BCUT2D eigenvalue weighted by atomic mass is 10.1. The van der Waals surface area contributed by atoms with Gasteiger partial charge in [-0.3, -0.25) is 0 Å². The topological polar surface area (TPSA) is 96.9 Å². The van der Waals surface area contributed by atoms with E-state index < -0.39 is 5.97 Å². The van der Waals surface area contributed by atoms with E-state index in [1.165, 1.54) is 12.1 Å². The minimum absolute atomic E-state index is 0.220. The Morgan fingerprint density at radius 3 is 2.26 bits per heavy atom. The third-order valence-corrected chi connectivity index (χ3v) is 3.83.